The fourth-order valence-electron chi connectivity index (χ4n) is 3.00. The first-order chi connectivity index (χ1) is 15.3. The Balaban J connectivity index is 1.87. The number of anilines is 3. The topological polar surface area (TPSA) is 98.1 Å². The number of carbonyl (C=O) groups excluding carboxylic acids is 1. The van der Waals surface area contributed by atoms with Gasteiger partial charge in [0.05, 0.1) is 27.6 Å². The summed E-state index contributed by atoms with van der Waals surface area (Å²) in [5.41, 5.74) is 7.90. The van der Waals surface area contributed by atoms with Crippen molar-refractivity contribution < 1.29 is 9.32 Å². The lowest BCUT2D eigenvalue weighted by Crippen LogP contribution is -2.28. The second kappa shape index (κ2) is 8.96. The summed E-state index contributed by atoms with van der Waals surface area (Å²) in [6.45, 7) is 1.64. The van der Waals surface area contributed by atoms with Crippen LogP contribution < -0.4 is 10.6 Å². The van der Waals surface area contributed by atoms with E-state index in [1.165, 1.54) is 23.4 Å². The van der Waals surface area contributed by atoms with Gasteiger partial charge in [-0.3, -0.25) is 9.69 Å². The molecule has 0 saturated carbocycles. The molecule has 0 radical (unpaired) electrons. The Kier molecular flexibility index (Phi) is 6.26. The maximum atomic E-state index is 13.4. The molecule has 11 heteroatoms. The van der Waals surface area contributed by atoms with Crippen LogP contribution in [-0.4, -0.2) is 21.0 Å². The number of hydrogen-bond acceptors (Lipinski definition) is 6. The molecule has 2 aromatic heterocycles. The lowest BCUT2D eigenvalue weighted by Gasteiger charge is -2.23. The summed E-state index contributed by atoms with van der Waals surface area (Å²) >= 11 is 24.9. The van der Waals surface area contributed by atoms with Gasteiger partial charge in [0, 0.05) is 15.6 Å². The molecule has 0 unspecified atom stereocenters. The van der Waals surface area contributed by atoms with Crippen LogP contribution in [0.5, 0.6) is 0 Å². The molecule has 0 aliphatic heterocycles. The SMILES string of the molecule is Cc1nocc1C(=O)N(c1cnc(-c2cc(Cl)ccc2Cl)c(N)n1)c1cc(Cl)ccc1Cl. The van der Waals surface area contributed by atoms with Crippen molar-refractivity contribution in [1.29, 1.82) is 0 Å². The van der Waals surface area contributed by atoms with Crippen molar-refractivity contribution in [3.8, 4) is 11.3 Å². The van der Waals surface area contributed by atoms with Gasteiger partial charge in [-0.1, -0.05) is 51.6 Å². The number of halogens is 4. The summed E-state index contributed by atoms with van der Waals surface area (Å²) in [6, 6.07) is 9.60. The molecule has 7 nitrogen and oxygen atoms in total. The number of carbonyl (C=O) groups is 1. The van der Waals surface area contributed by atoms with Gasteiger partial charge in [-0.2, -0.15) is 0 Å². The number of hydrogen-bond donors (Lipinski definition) is 1. The van der Waals surface area contributed by atoms with Crippen LogP contribution >= 0.6 is 46.4 Å². The minimum atomic E-state index is -0.504. The first-order valence-electron chi connectivity index (χ1n) is 9.04. The number of aromatic nitrogens is 3. The predicted molar refractivity (Wildman–Crippen MR) is 126 cm³/mol. The minimum Gasteiger partial charge on any atom is -0.382 e. The van der Waals surface area contributed by atoms with Crippen LogP contribution in [0.3, 0.4) is 0 Å². The molecule has 2 aromatic carbocycles. The maximum Gasteiger partial charge on any atom is 0.269 e. The molecular weight excluding hydrogens is 496 g/mol. The Morgan fingerprint density at radius 1 is 1.03 bits per heavy atom. The van der Waals surface area contributed by atoms with Crippen LogP contribution in [0.25, 0.3) is 11.3 Å². The average Bonchev–Trinajstić information content (AvgIpc) is 3.19. The minimum absolute atomic E-state index is 0.0321. The molecule has 0 aliphatic rings. The van der Waals surface area contributed by atoms with Gasteiger partial charge in [-0.25, -0.2) is 9.97 Å². The van der Waals surface area contributed by atoms with E-state index in [1.54, 1.807) is 37.3 Å². The number of nitrogens with zero attached hydrogens (tertiary/aromatic N) is 4. The molecular formula is C21H13Cl4N5O2. The van der Waals surface area contributed by atoms with Gasteiger partial charge in [-0.05, 0) is 43.3 Å². The number of nitrogen functional groups attached to an aromatic ring is 1. The Morgan fingerprint density at radius 3 is 2.38 bits per heavy atom. The van der Waals surface area contributed by atoms with Crippen molar-refractivity contribution in [3.63, 3.8) is 0 Å². The number of aryl methyl sites for hydroxylation is 1. The van der Waals surface area contributed by atoms with Crippen LogP contribution in [-0.2, 0) is 0 Å². The molecule has 1 amide bonds. The molecule has 0 aliphatic carbocycles. The van der Waals surface area contributed by atoms with Gasteiger partial charge in [0.2, 0.25) is 0 Å². The monoisotopic (exact) mass is 507 g/mol. The van der Waals surface area contributed by atoms with Gasteiger partial charge >= 0.3 is 0 Å². The lowest BCUT2D eigenvalue weighted by molar-refractivity contribution is 0.0997. The van der Waals surface area contributed by atoms with E-state index in [4.69, 9.17) is 56.7 Å². The molecule has 0 atom stereocenters. The summed E-state index contributed by atoms with van der Waals surface area (Å²) in [6.07, 6.45) is 2.61. The van der Waals surface area contributed by atoms with E-state index in [9.17, 15) is 4.79 Å². The first-order valence-corrected chi connectivity index (χ1v) is 10.6. The van der Waals surface area contributed by atoms with Crippen molar-refractivity contribution in [3.05, 3.63) is 80.2 Å². The van der Waals surface area contributed by atoms with E-state index >= 15 is 0 Å². The predicted octanol–water partition coefficient (Wildman–Crippen LogP) is 6.61. The third kappa shape index (κ3) is 4.25. The molecule has 2 heterocycles. The highest BCUT2D eigenvalue weighted by Gasteiger charge is 2.27. The number of nitrogens with two attached hydrogens (primary N) is 1. The van der Waals surface area contributed by atoms with Crippen LogP contribution in [0.2, 0.25) is 20.1 Å². The van der Waals surface area contributed by atoms with E-state index in [2.05, 4.69) is 15.1 Å². The van der Waals surface area contributed by atoms with Gasteiger partial charge in [-0.15, -0.1) is 0 Å². The zero-order chi connectivity index (χ0) is 23.0. The van der Waals surface area contributed by atoms with Crippen LogP contribution in [0, 0.1) is 6.92 Å². The summed E-state index contributed by atoms with van der Waals surface area (Å²) in [5.74, 6) is -0.362. The van der Waals surface area contributed by atoms with Crippen molar-refractivity contribution in [2.75, 3.05) is 10.6 Å². The van der Waals surface area contributed by atoms with Crippen LogP contribution in [0.4, 0.5) is 17.3 Å². The third-order valence-corrected chi connectivity index (χ3v) is 5.65. The van der Waals surface area contributed by atoms with E-state index in [0.717, 1.165) is 0 Å². The highest BCUT2D eigenvalue weighted by Crippen LogP contribution is 2.37. The smallest absolute Gasteiger partial charge is 0.269 e. The molecule has 2 N–H and O–H groups in total. The molecule has 0 bridgehead atoms. The summed E-state index contributed by atoms with van der Waals surface area (Å²) < 4.78 is 4.92. The standard InChI is InChI=1S/C21H13Cl4N5O2/c1-10-14(9-32-29-10)21(31)30(17-7-12(23)3-5-16(17)25)18-8-27-19(20(26)28-18)13-6-11(22)2-4-15(13)24/h2-9H,1H3,(H2,26,28). The summed E-state index contributed by atoms with van der Waals surface area (Å²) in [4.78, 5) is 23.5. The number of amides is 1. The molecule has 32 heavy (non-hydrogen) atoms. The summed E-state index contributed by atoms with van der Waals surface area (Å²) in [7, 11) is 0. The Labute approximate surface area is 202 Å². The summed E-state index contributed by atoms with van der Waals surface area (Å²) in [5, 5.41) is 5.25. The van der Waals surface area contributed by atoms with Crippen molar-refractivity contribution in [1.82, 2.24) is 15.1 Å². The highest BCUT2D eigenvalue weighted by atomic mass is 35.5. The lowest BCUT2D eigenvalue weighted by atomic mass is 10.1. The third-order valence-electron chi connectivity index (χ3n) is 4.53. The molecule has 4 aromatic rings. The van der Waals surface area contributed by atoms with Crippen molar-refractivity contribution in [2.45, 2.75) is 6.92 Å². The van der Waals surface area contributed by atoms with Crippen LogP contribution in [0.15, 0.2) is 53.4 Å². The number of rotatable bonds is 4. The second-order valence-corrected chi connectivity index (χ2v) is 8.32. The molecule has 162 valence electrons. The Bertz CT molecular complexity index is 1340. The van der Waals surface area contributed by atoms with Gasteiger partial charge in [0.25, 0.3) is 5.91 Å². The highest BCUT2D eigenvalue weighted by molar-refractivity contribution is 6.36. The molecule has 0 spiro atoms. The fourth-order valence-corrected chi connectivity index (χ4v) is 3.75. The molecule has 4 rings (SSSR count). The van der Waals surface area contributed by atoms with Gasteiger partial charge in [0.1, 0.15) is 17.5 Å². The van der Waals surface area contributed by atoms with Gasteiger partial charge in [0.15, 0.2) is 11.6 Å². The zero-order valence-electron chi connectivity index (χ0n) is 16.3. The van der Waals surface area contributed by atoms with E-state index in [0.29, 0.717) is 32.0 Å². The maximum absolute atomic E-state index is 13.4. The molecule has 0 saturated heterocycles. The largest absolute Gasteiger partial charge is 0.382 e. The normalized spacial score (nSPS) is 10.9. The molecule has 0 fully saturated rings. The van der Waals surface area contributed by atoms with E-state index in [-0.39, 0.29) is 27.9 Å². The number of benzene rings is 2. The van der Waals surface area contributed by atoms with Crippen LogP contribution in [0.1, 0.15) is 16.1 Å². The second-order valence-electron chi connectivity index (χ2n) is 6.64. The van der Waals surface area contributed by atoms with Crippen molar-refractivity contribution >= 4 is 69.6 Å². The first kappa shape index (κ1) is 22.4. The Hall–Kier alpha value is -2.84. The quantitative estimate of drug-likeness (QED) is 0.332. The van der Waals surface area contributed by atoms with Gasteiger partial charge < -0.3 is 10.3 Å². The van der Waals surface area contributed by atoms with Crippen molar-refractivity contribution in [2.24, 2.45) is 0 Å². The van der Waals surface area contributed by atoms with E-state index in [1.807, 2.05) is 0 Å². The zero-order valence-corrected chi connectivity index (χ0v) is 19.3. The average molecular weight is 509 g/mol. The Morgan fingerprint density at radius 2 is 1.72 bits per heavy atom. The van der Waals surface area contributed by atoms with E-state index < -0.39 is 5.91 Å². The fraction of sp³-hybridized carbons (Fsp3) is 0.0476.